The zero-order valence-electron chi connectivity index (χ0n) is 20.5. The molecule has 0 bridgehead atoms. The van der Waals surface area contributed by atoms with Gasteiger partial charge < -0.3 is 9.67 Å². The number of hydrogen-bond donors (Lipinski definition) is 1. The van der Waals surface area contributed by atoms with Crippen LogP contribution in [0.1, 0.15) is 66.1 Å². The summed E-state index contributed by atoms with van der Waals surface area (Å²) in [6.07, 6.45) is 4.24. The van der Waals surface area contributed by atoms with Gasteiger partial charge in [0.2, 0.25) is 0 Å². The number of aliphatic carboxylic acids is 1. The van der Waals surface area contributed by atoms with Crippen LogP contribution in [-0.4, -0.2) is 45.2 Å². The van der Waals surface area contributed by atoms with Crippen molar-refractivity contribution in [2.75, 3.05) is 19.6 Å². The first kappa shape index (κ1) is 24.5. The fraction of sp³-hybridized carbons (Fsp3) is 0.333. The van der Waals surface area contributed by atoms with E-state index in [0.717, 1.165) is 41.5 Å². The SMILES string of the molecule is O=C(O)CN1CCC(n2c(C3CC3)nc3ccc(C(c4ccc(Cl)cc4)c4ccc(Cl)cc4)cc32)CC1. The summed E-state index contributed by atoms with van der Waals surface area (Å²) >= 11 is 12.5. The van der Waals surface area contributed by atoms with Gasteiger partial charge in [-0.15, -0.1) is 0 Å². The van der Waals surface area contributed by atoms with Crippen molar-refractivity contribution in [3.05, 3.63) is 99.3 Å². The topological polar surface area (TPSA) is 58.4 Å². The van der Waals surface area contributed by atoms with E-state index in [1.807, 2.05) is 29.2 Å². The number of carbonyl (C=O) groups is 1. The van der Waals surface area contributed by atoms with Gasteiger partial charge in [0.05, 0.1) is 17.6 Å². The van der Waals surface area contributed by atoms with E-state index in [-0.39, 0.29) is 12.5 Å². The number of carboxylic acid groups (broad SMARTS) is 1. The zero-order valence-corrected chi connectivity index (χ0v) is 22.0. The van der Waals surface area contributed by atoms with Crippen LogP contribution in [0.2, 0.25) is 10.0 Å². The fourth-order valence-electron chi connectivity index (χ4n) is 5.74. The standard InChI is InChI=1S/C30H29Cl2N3O2/c31-23-8-3-19(4-9-23)29(20-5-10-24(32)11-6-20)22-7-12-26-27(17-22)35(30(33-26)21-1-2-21)25-13-15-34(16-14-25)18-28(36)37/h3-12,17,21,25,29H,1-2,13-16,18H2,(H,36,37). The Hall–Kier alpha value is -2.86. The first-order valence-electron chi connectivity index (χ1n) is 12.9. The Morgan fingerprint density at radius 1 is 0.865 bits per heavy atom. The molecule has 1 saturated heterocycles. The second kappa shape index (κ2) is 10.1. The molecule has 37 heavy (non-hydrogen) atoms. The maximum atomic E-state index is 11.2. The highest BCUT2D eigenvalue weighted by Crippen LogP contribution is 2.44. The van der Waals surface area contributed by atoms with Gasteiger partial charge in [-0.25, -0.2) is 4.98 Å². The van der Waals surface area contributed by atoms with Crippen LogP contribution < -0.4 is 0 Å². The fourth-order valence-corrected chi connectivity index (χ4v) is 5.99. The Kier molecular flexibility index (Phi) is 6.70. The number of rotatable bonds is 7. The molecule has 0 amide bonds. The molecular formula is C30H29Cl2N3O2. The van der Waals surface area contributed by atoms with Crippen molar-refractivity contribution in [3.63, 3.8) is 0 Å². The van der Waals surface area contributed by atoms with E-state index >= 15 is 0 Å². The lowest BCUT2D eigenvalue weighted by Crippen LogP contribution is -2.38. The van der Waals surface area contributed by atoms with Gasteiger partial charge in [-0.2, -0.15) is 0 Å². The van der Waals surface area contributed by atoms with Crippen LogP contribution in [0.5, 0.6) is 0 Å². The smallest absolute Gasteiger partial charge is 0.317 e. The van der Waals surface area contributed by atoms with Crippen molar-refractivity contribution in [3.8, 4) is 0 Å². The molecule has 1 aliphatic heterocycles. The Bertz CT molecular complexity index is 1370. The lowest BCUT2D eigenvalue weighted by molar-refractivity contribution is -0.138. The molecule has 0 radical (unpaired) electrons. The van der Waals surface area contributed by atoms with Crippen molar-refractivity contribution in [1.82, 2.24) is 14.5 Å². The molecule has 190 valence electrons. The summed E-state index contributed by atoms with van der Waals surface area (Å²) in [5, 5.41) is 10.6. The van der Waals surface area contributed by atoms with Gasteiger partial charge in [0, 0.05) is 41.0 Å². The minimum atomic E-state index is -0.759. The number of imidazole rings is 1. The number of carboxylic acids is 1. The number of piperidine rings is 1. The van der Waals surface area contributed by atoms with E-state index in [9.17, 15) is 9.90 Å². The average molecular weight is 534 g/mol. The minimum absolute atomic E-state index is 0.0315. The molecule has 2 fully saturated rings. The molecule has 6 rings (SSSR count). The van der Waals surface area contributed by atoms with Crippen LogP contribution in [0.4, 0.5) is 0 Å². The minimum Gasteiger partial charge on any atom is -0.480 e. The average Bonchev–Trinajstić information content (AvgIpc) is 3.67. The Labute approximate surface area is 226 Å². The van der Waals surface area contributed by atoms with E-state index in [4.69, 9.17) is 28.2 Å². The molecule has 5 nitrogen and oxygen atoms in total. The van der Waals surface area contributed by atoms with Crippen LogP contribution in [-0.2, 0) is 4.79 Å². The van der Waals surface area contributed by atoms with Gasteiger partial charge in [0.1, 0.15) is 5.82 Å². The van der Waals surface area contributed by atoms with Crippen molar-refractivity contribution < 1.29 is 9.90 Å². The molecule has 4 aromatic rings. The van der Waals surface area contributed by atoms with Gasteiger partial charge in [-0.05, 0) is 78.8 Å². The van der Waals surface area contributed by atoms with Gasteiger partial charge in [-0.1, -0.05) is 53.5 Å². The molecule has 7 heteroatoms. The van der Waals surface area contributed by atoms with E-state index < -0.39 is 5.97 Å². The number of nitrogens with zero attached hydrogens (tertiary/aromatic N) is 3. The lowest BCUT2D eigenvalue weighted by atomic mass is 9.85. The molecule has 1 saturated carbocycles. The molecule has 2 aliphatic rings. The zero-order chi connectivity index (χ0) is 25.5. The molecule has 2 heterocycles. The number of benzene rings is 3. The first-order chi connectivity index (χ1) is 18.0. The number of likely N-dealkylation sites (tertiary alicyclic amines) is 1. The second-order valence-electron chi connectivity index (χ2n) is 10.3. The van der Waals surface area contributed by atoms with E-state index in [1.54, 1.807) is 0 Å². The number of halogens is 2. The van der Waals surface area contributed by atoms with Crippen molar-refractivity contribution in [2.24, 2.45) is 0 Å². The molecule has 3 aromatic carbocycles. The highest BCUT2D eigenvalue weighted by Gasteiger charge is 2.33. The van der Waals surface area contributed by atoms with Gasteiger partial charge >= 0.3 is 5.97 Å². The molecule has 0 unspecified atom stereocenters. The van der Waals surface area contributed by atoms with Crippen molar-refractivity contribution in [1.29, 1.82) is 0 Å². The molecule has 1 aliphatic carbocycles. The quantitative estimate of drug-likeness (QED) is 0.257. The third kappa shape index (κ3) is 5.13. The number of fused-ring (bicyclic) bond motifs is 1. The van der Waals surface area contributed by atoms with Crippen LogP contribution in [0, 0.1) is 0 Å². The third-order valence-corrected chi connectivity index (χ3v) is 8.21. The van der Waals surface area contributed by atoms with E-state index in [1.165, 1.54) is 40.9 Å². The summed E-state index contributed by atoms with van der Waals surface area (Å²) in [5.41, 5.74) is 5.74. The Morgan fingerprint density at radius 3 is 1.97 bits per heavy atom. The Balaban J connectivity index is 1.42. The molecule has 1 aromatic heterocycles. The summed E-state index contributed by atoms with van der Waals surface area (Å²) in [6, 6.07) is 23.1. The normalized spacial score (nSPS) is 17.1. The van der Waals surface area contributed by atoms with Gasteiger partial charge in [-0.3, -0.25) is 9.69 Å². The van der Waals surface area contributed by atoms with Gasteiger partial charge in [0.15, 0.2) is 0 Å². The first-order valence-corrected chi connectivity index (χ1v) is 13.7. The summed E-state index contributed by atoms with van der Waals surface area (Å²) in [5.74, 6) is 0.990. The summed E-state index contributed by atoms with van der Waals surface area (Å²) in [4.78, 5) is 18.4. The predicted molar refractivity (Wildman–Crippen MR) is 148 cm³/mol. The number of aromatic nitrogens is 2. The maximum Gasteiger partial charge on any atom is 0.317 e. The third-order valence-electron chi connectivity index (χ3n) is 7.70. The lowest BCUT2D eigenvalue weighted by Gasteiger charge is -2.32. The van der Waals surface area contributed by atoms with Crippen molar-refractivity contribution >= 4 is 40.2 Å². The van der Waals surface area contributed by atoms with Crippen LogP contribution in [0.15, 0.2) is 66.7 Å². The van der Waals surface area contributed by atoms with Crippen LogP contribution >= 0.6 is 23.2 Å². The molecule has 1 N–H and O–H groups in total. The number of hydrogen-bond acceptors (Lipinski definition) is 3. The van der Waals surface area contributed by atoms with Crippen molar-refractivity contribution in [2.45, 2.75) is 43.6 Å². The monoisotopic (exact) mass is 533 g/mol. The summed E-state index contributed by atoms with van der Waals surface area (Å²) < 4.78 is 2.48. The van der Waals surface area contributed by atoms with Crippen LogP contribution in [0.3, 0.4) is 0 Å². The second-order valence-corrected chi connectivity index (χ2v) is 11.2. The van der Waals surface area contributed by atoms with E-state index in [2.05, 4.69) is 47.0 Å². The largest absolute Gasteiger partial charge is 0.480 e. The highest BCUT2D eigenvalue weighted by molar-refractivity contribution is 6.30. The molecular weight excluding hydrogens is 505 g/mol. The summed E-state index contributed by atoms with van der Waals surface area (Å²) in [7, 11) is 0. The van der Waals surface area contributed by atoms with E-state index in [0.29, 0.717) is 12.0 Å². The maximum absolute atomic E-state index is 11.2. The molecule has 0 atom stereocenters. The highest BCUT2D eigenvalue weighted by atomic mass is 35.5. The molecule has 0 spiro atoms. The van der Waals surface area contributed by atoms with Gasteiger partial charge in [0.25, 0.3) is 0 Å². The Morgan fingerprint density at radius 2 is 1.43 bits per heavy atom. The predicted octanol–water partition coefficient (Wildman–Crippen LogP) is 7.12. The van der Waals surface area contributed by atoms with Crippen LogP contribution in [0.25, 0.3) is 11.0 Å². The summed E-state index contributed by atoms with van der Waals surface area (Å²) in [6.45, 7) is 1.69.